The number of aromatic nitrogens is 2. The van der Waals surface area contributed by atoms with E-state index < -0.39 is 0 Å². The smallest absolute Gasteiger partial charge is 0.0951 e. The third-order valence-electron chi connectivity index (χ3n) is 4.08. The zero-order valence-electron chi connectivity index (χ0n) is 11.7. The lowest BCUT2D eigenvalue weighted by atomic mass is 10.0. The fraction of sp³-hybridized carbons (Fsp3) is 0.438. The number of rotatable bonds is 3. The van der Waals surface area contributed by atoms with E-state index in [2.05, 4.69) is 47.3 Å². The van der Waals surface area contributed by atoms with Crippen molar-refractivity contribution in [3.05, 3.63) is 42.4 Å². The van der Waals surface area contributed by atoms with E-state index in [1.165, 1.54) is 37.1 Å². The van der Waals surface area contributed by atoms with Crippen LogP contribution in [0.15, 0.2) is 36.8 Å². The van der Waals surface area contributed by atoms with Gasteiger partial charge in [-0.25, -0.2) is 4.98 Å². The van der Waals surface area contributed by atoms with Gasteiger partial charge in [0.25, 0.3) is 0 Å². The fourth-order valence-corrected chi connectivity index (χ4v) is 2.83. The minimum Gasteiger partial charge on any atom is -0.340 e. The lowest BCUT2D eigenvalue weighted by molar-refractivity contribution is 0.263. The fourth-order valence-electron chi connectivity index (χ4n) is 2.83. The summed E-state index contributed by atoms with van der Waals surface area (Å²) in [6, 6.07) is 9.38. The van der Waals surface area contributed by atoms with Crippen molar-refractivity contribution < 1.29 is 0 Å². The molecule has 1 fully saturated rings. The molecule has 0 saturated carbocycles. The average molecular weight is 255 g/mol. The van der Waals surface area contributed by atoms with Crippen molar-refractivity contribution in [3.63, 3.8) is 0 Å². The quantitative estimate of drug-likeness (QED) is 0.839. The Morgan fingerprint density at radius 3 is 2.37 bits per heavy atom. The SMILES string of the molecule is C[C@@H](c1ccc(-c2cn(C)cn2)cc1)N1CCCC1. The van der Waals surface area contributed by atoms with Gasteiger partial charge in [-0.3, -0.25) is 4.90 Å². The molecule has 0 bridgehead atoms. The Kier molecular flexibility index (Phi) is 3.38. The predicted molar refractivity (Wildman–Crippen MR) is 77.9 cm³/mol. The molecule has 100 valence electrons. The highest BCUT2D eigenvalue weighted by atomic mass is 15.2. The standard InChI is InChI=1S/C16H21N3/c1-13(19-9-3-4-10-19)14-5-7-15(8-6-14)16-11-18(2)12-17-16/h5-8,11-13H,3-4,9-10H2,1-2H3/t13-/m0/s1. The van der Waals surface area contributed by atoms with Crippen LogP contribution in [0.3, 0.4) is 0 Å². The Hall–Kier alpha value is -1.61. The summed E-state index contributed by atoms with van der Waals surface area (Å²) >= 11 is 0. The number of imidazole rings is 1. The van der Waals surface area contributed by atoms with Crippen LogP contribution in [0.25, 0.3) is 11.3 Å². The summed E-state index contributed by atoms with van der Waals surface area (Å²) in [6.07, 6.45) is 6.59. The lowest BCUT2D eigenvalue weighted by Gasteiger charge is -2.24. The third kappa shape index (κ3) is 2.56. The van der Waals surface area contributed by atoms with Gasteiger partial charge < -0.3 is 4.57 Å². The minimum atomic E-state index is 0.528. The molecule has 19 heavy (non-hydrogen) atoms. The summed E-state index contributed by atoms with van der Waals surface area (Å²) in [6.45, 7) is 4.79. The molecule has 0 spiro atoms. The largest absolute Gasteiger partial charge is 0.340 e. The molecule has 0 radical (unpaired) electrons. The van der Waals surface area contributed by atoms with Gasteiger partial charge >= 0.3 is 0 Å². The molecule has 1 aromatic heterocycles. The van der Waals surface area contributed by atoms with Crippen molar-refractivity contribution >= 4 is 0 Å². The van der Waals surface area contributed by atoms with Crippen LogP contribution in [0.2, 0.25) is 0 Å². The Labute approximate surface area is 114 Å². The van der Waals surface area contributed by atoms with Crippen LogP contribution >= 0.6 is 0 Å². The van der Waals surface area contributed by atoms with Gasteiger partial charge in [0.2, 0.25) is 0 Å². The number of likely N-dealkylation sites (tertiary alicyclic amines) is 1. The van der Waals surface area contributed by atoms with Crippen LogP contribution in [0.1, 0.15) is 31.4 Å². The molecule has 3 heteroatoms. The highest BCUT2D eigenvalue weighted by Crippen LogP contribution is 2.26. The van der Waals surface area contributed by atoms with Gasteiger partial charge in [0, 0.05) is 24.8 Å². The molecular formula is C16H21N3. The number of nitrogens with zero attached hydrogens (tertiary/aromatic N) is 3. The van der Waals surface area contributed by atoms with Crippen molar-refractivity contribution in [2.24, 2.45) is 7.05 Å². The second kappa shape index (κ2) is 5.17. The second-order valence-electron chi connectivity index (χ2n) is 5.47. The van der Waals surface area contributed by atoms with Gasteiger partial charge in [0.1, 0.15) is 0 Å². The van der Waals surface area contributed by atoms with E-state index in [1.807, 2.05) is 17.9 Å². The Bertz CT molecular complexity index is 535. The molecule has 0 amide bonds. The van der Waals surface area contributed by atoms with E-state index in [-0.39, 0.29) is 0 Å². The van der Waals surface area contributed by atoms with Crippen molar-refractivity contribution in [1.29, 1.82) is 0 Å². The zero-order chi connectivity index (χ0) is 13.2. The predicted octanol–water partition coefficient (Wildman–Crippen LogP) is 3.24. The first kappa shape index (κ1) is 12.4. The van der Waals surface area contributed by atoms with Crippen molar-refractivity contribution in [3.8, 4) is 11.3 Å². The zero-order valence-corrected chi connectivity index (χ0v) is 11.7. The lowest BCUT2D eigenvalue weighted by Crippen LogP contribution is -2.23. The number of aryl methyl sites for hydroxylation is 1. The van der Waals surface area contributed by atoms with Crippen LogP contribution in [0.5, 0.6) is 0 Å². The van der Waals surface area contributed by atoms with Crippen molar-refractivity contribution in [1.82, 2.24) is 14.5 Å². The van der Waals surface area contributed by atoms with Crippen molar-refractivity contribution in [2.75, 3.05) is 13.1 Å². The molecule has 0 unspecified atom stereocenters. The van der Waals surface area contributed by atoms with Crippen LogP contribution in [0.4, 0.5) is 0 Å². The van der Waals surface area contributed by atoms with Gasteiger partial charge in [0.05, 0.1) is 12.0 Å². The van der Waals surface area contributed by atoms with Crippen LogP contribution in [-0.2, 0) is 7.05 Å². The van der Waals surface area contributed by atoms with E-state index in [4.69, 9.17) is 0 Å². The third-order valence-corrected chi connectivity index (χ3v) is 4.08. The first-order valence-corrected chi connectivity index (χ1v) is 7.06. The number of benzene rings is 1. The molecule has 1 aliphatic heterocycles. The molecule has 3 rings (SSSR count). The van der Waals surface area contributed by atoms with E-state index >= 15 is 0 Å². The summed E-state index contributed by atoms with van der Waals surface area (Å²) in [5.41, 5.74) is 3.64. The molecule has 3 nitrogen and oxygen atoms in total. The number of hydrogen-bond donors (Lipinski definition) is 0. The second-order valence-corrected chi connectivity index (χ2v) is 5.47. The highest BCUT2D eigenvalue weighted by Gasteiger charge is 2.19. The Morgan fingerprint density at radius 2 is 1.79 bits per heavy atom. The summed E-state index contributed by atoms with van der Waals surface area (Å²) < 4.78 is 1.98. The molecule has 1 aliphatic rings. The molecule has 2 aromatic rings. The average Bonchev–Trinajstić information content (AvgIpc) is 3.09. The van der Waals surface area contributed by atoms with Gasteiger partial charge in [0.15, 0.2) is 0 Å². The molecule has 0 N–H and O–H groups in total. The maximum atomic E-state index is 4.39. The highest BCUT2D eigenvalue weighted by molar-refractivity contribution is 5.58. The summed E-state index contributed by atoms with van der Waals surface area (Å²) in [5, 5.41) is 0. The summed E-state index contributed by atoms with van der Waals surface area (Å²) in [7, 11) is 2.00. The van der Waals surface area contributed by atoms with E-state index in [0.717, 1.165) is 5.69 Å². The first-order valence-electron chi connectivity index (χ1n) is 7.06. The molecular weight excluding hydrogens is 234 g/mol. The Morgan fingerprint density at radius 1 is 1.11 bits per heavy atom. The summed E-state index contributed by atoms with van der Waals surface area (Å²) in [4.78, 5) is 6.96. The van der Waals surface area contributed by atoms with Gasteiger partial charge in [-0.2, -0.15) is 0 Å². The van der Waals surface area contributed by atoms with Crippen molar-refractivity contribution in [2.45, 2.75) is 25.8 Å². The maximum Gasteiger partial charge on any atom is 0.0951 e. The topological polar surface area (TPSA) is 21.1 Å². The normalized spacial score (nSPS) is 17.8. The monoisotopic (exact) mass is 255 g/mol. The summed E-state index contributed by atoms with van der Waals surface area (Å²) in [5.74, 6) is 0. The van der Waals surface area contributed by atoms with E-state index in [1.54, 1.807) is 0 Å². The molecule has 1 atom stereocenters. The minimum absolute atomic E-state index is 0.528. The van der Waals surface area contributed by atoms with Gasteiger partial charge in [-0.15, -0.1) is 0 Å². The molecule has 0 aliphatic carbocycles. The maximum absolute atomic E-state index is 4.39. The van der Waals surface area contributed by atoms with E-state index in [9.17, 15) is 0 Å². The van der Waals surface area contributed by atoms with Gasteiger partial charge in [-0.1, -0.05) is 24.3 Å². The first-order chi connectivity index (χ1) is 9.24. The molecule has 1 saturated heterocycles. The molecule has 1 aromatic carbocycles. The van der Waals surface area contributed by atoms with E-state index in [0.29, 0.717) is 6.04 Å². The molecule has 2 heterocycles. The van der Waals surface area contributed by atoms with Crippen LogP contribution in [0, 0.1) is 0 Å². The van der Waals surface area contributed by atoms with Crippen LogP contribution in [-0.4, -0.2) is 27.5 Å². The van der Waals surface area contributed by atoms with Crippen LogP contribution < -0.4 is 0 Å². The number of hydrogen-bond acceptors (Lipinski definition) is 2. The Balaban J connectivity index is 1.78. The van der Waals surface area contributed by atoms with Gasteiger partial charge in [-0.05, 0) is 38.4 Å².